The molecule has 2 N–H and O–H groups in total. The third kappa shape index (κ3) is 1.72. The quantitative estimate of drug-likeness (QED) is 0.771. The van der Waals surface area contributed by atoms with Crippen molar-refractivity contribution in [1.82, 2.24) is 0 Å². The van der Waals surface area contributed by atoms with Crippen LogP contribution in [0.3, 0.4) is 0 Å². The molecule has 1 aliphatic rings. The van der Waals surface area contributed by atoms with Crippen molar-refractivity contribution in [2.45, 2.75) is 49.9 Å². The number of ether oxygens (including phenoxy) is 1. The lowest BCUT2D eigenvalue weighted by Gasteiger charge is -2.43. The first-order valence-electron chi connectivity index (χ1n) is 5.74. The van der Waals surface area contributed by atoms with Gasteiger partial charge in [-0.2, -0.15) is 0 Å². The molecule has 6 heteroatoms. The number of hydrogen-bond acceptors (Lipinski definition) is 3. The molecule has 0 fully saturated rings. The largest absolute Gasteiger partial charge is 0.482 e. The van der Waals surface area contributed by atoms with Gasteiger partial charge in [-0.25, -0.2) is 13.6 Å². The highest BCUT2D eigenvalue weighted by Crippen LogP contribution is 2.43. The molecular formula is C10H21NO3SSi. The molecule has 0 aromatic rings. The van der Waals surface area contributed by atoms with Crippen LogP contribution in [-0.2, 0) is 14.8 Å². The third-order valence-electron chi connectivity index (χ3n) is 4.04. The summed E-state index contributed by atoms with van der Waals surface area (Å²) in [4.78, 5) is 0. The summed E-state index contributed by atoms with van der Waals surface area (Å²) in [6.45, 7) is 6.15. The molecule has 0 amide bonds. The Hall–Kier alpha value is -0.333. The molecule has 0 aromatic heterocycles. The number of sulfonamides is 1. The van der Waals surface area contributed by atoms with Crippen molar-refractivity contribution in [3.63, 3.8) is 0 Å². The molecule has 0 saturated carbocycles. The van der Waals surface area contributed by atoms with E-state index >= 15 is 0 Å². The second-order valence-corrected chi connectivity index (χ2v) is 11.9. The molecule has 1 heterocycles. The summed E-state index contributed by atoms with van der Waals surface area (Å²) in [7, 11) is -5.75. The summed E-state index contributed by atoms with van der Waals surface area (Å²) in [6, 6.07) is 2.62. The highest BCUT2D eigenvalue weighted by atomic mass is 32.2. The van der Waals surface area contributed by atoms with E-state index in [2.05, 4.69) is 0 Å². The third-order valence-corrected chi connectivity index (χ3v) is 13.4. The summed E-state index contributed by atoms with van der Waals surface area (Å²) < 4.78 is 28.2. The molecule has 1 aliphatic heterocycles. The fourth-order valence-corrected chi connectivity index (χ4v) is 11.0. The van der Waals surface area contributed by atoms with Gasteiger partial charge in [0.25, 0.3) is 0 Å². The van der Waals surface area contributed by atoms with E-state index in [1.54, 1.807) is 6.08 Å². The fraction of sp³-hybridized carbons (Fsp3) is 0.800. The molecule has 0 radical (unpaired) electrons. The van der Waals surface area contributed by atoms with Crippen molar-refractivity contribution in [3.8, 4) is 0 Å². The van der Waals surface area contributed by atoms with Crippen LogP contribution in [0.5, 0.6) is 0 Å². The van der Waals surface area contributed by atoms with Gasteiger partial charge in [0, 0.05) is 6.42 Å². The van der Waals surface area contributed by atoms with Crippen LogP contribution >= 0.6 is 0 Å². The van der Waals surface area contributed by atoms with Crippen LogP contribution in [-0.4, -0.2) is 21.0 Å². The lowest BCUT2D eigenvalue weighted by atomic mass is 10.5. The minimum Gasteiger partial charge on any atom is -0.482 e. The summed E-state index contributed by atoms with van der Waals surface area (Å²) in [6.07, 6.45) is 3.67. The monoisotopic (exact) mass is 263 g/mol. The van der Waals surface area contributed by atoms with Gasteiger partial charge in [0.1, 0.15) is 8.07 Å². The van der Waals surface area contributed by atoms with Gasteiger partial charge in [-0.05, 0) is 6.08 Å². The Labute approximate surface area is 98.9 Å². The van der Waals surface area contributed by atoms with Crippen LogP contribution in [0.25, 0.3) is 0 Å². The van der Waals surface area contributed by atoms with Crippen molar-refractivity contribution < 1.29 is 13.2 Å². The Morgan fingerprint density at radius 2 is 1.81 bits per heavy atom. The lowest BCUT2D eigenvalue weighted by molar-refractivity contribution is 0.186. The number of hydrogen-bond donors (Lipinski definition) is 1. The van der Waals surface area contributed by atoms with Crippen molar-refractivity contribution in [1.29, 1.82) is 0 Å². The van der Waals surface area contributed by atoms with E-state index in [-0.39, 0.29) is 0 Å². The minimum atomic E-state index is -3.68. The normalized spacial score (nSPS) is 25.8. The SMILES string of the molecule is CC[Si](CC)(CC)C1(S(N)(=O)=O)CC=CO1. The second-order valence-electron chi connectivity index (χ2n) is 4.33. The Morgan fingerprint density at radius 3 is 2.06 bits per heavy atom. The predicted octanol–water partition coefficient (Wildman–Crippen LogP) is 1.95. The van der Waals surface area contributed by atoms with Gasteiger partial charge in [-0.15, -0.1) is 0 Å². The molecule has 1 unspecified atom stereocenters. The zero-order chi connectivity index (χ0) is 12.4. The second kappa shape index (κ2) is 4.50. The van der Waals surface area contributed by atoms with Gasteiger partial charge < -0.3 is 4.74 Å². The van der Waals surface area contributed by atoms with Crippen molar-refractivity contribution in [2.75, 3.05) is 0 Å². The van der Waals surface area contributed by atoms with Gasteiger partial charge in [-0.1, -0.05) is 38.9 Å². The van der Waals surface area contributed by atoms with E-state index in [1.165, 1.54) is 6.26 Å². The molecule has 0 saturated heterocycles. The van der Waals surface area contributed by atoms with E-state index in [0.29, 0.717) is 6.42 Å². The van der Waals surface area contributed by atoms with Crippen LogP contribution < -0.4 is 5.14 Å². The number of nitrogens with two attached hydrogens (primary N) is 1. The molecule has 4 nitrogen and oxygen atoms in total. The van der Waals surface area contributed by atoms with E-state index in [1.807, 2.05) is 20.8 Å². The van der Waals surface area contributed by atoms with E-state index in [9.17, 15) is 8.42 Å². The molecule has 1 rings (SSSR count). The lowest BCUT2D eigenvalue weighted by Crippen LogP contribution is -2.63. The molecular weight excluding hydrogens is 242 g/mol. The first kappa shape index (κ1) is 13.7. The average Bonchev–Trinajstić information content (AvgIpc) is 2.71. The number of primary sulfonamides is 1. The topological polar surface area (TPSA) is 69.4 Å². The van der Waals surface area contributed by atoms with E-state index in [4.69, 9.17) is 9.88 Å². The first-order chi connectivity index (χ1) is 7.39. The van der Waals surface area contributed by atoms with Crippen LogP contribution in [0.2, 0.25) is 18.1 Å². The summed E-state index contributed by atoms with van der Waals surface area (Å²) in [5, 5.41) is 5.43. The zero-order valence-corrected chi connectivity index (χ0v) is 12.0. The Kier molecular flexibility index (Phi) is 3.86. The molecule has 94 valence electrons. The van der Waals surface area contributed by atoms with Gasteiger partial charge in [0.05, 0.1) is 6.26 Å². The summed E-state index contributed by atoms with van der Waals surface area (Å²) in [5.74, 6) is 0. The standard InChI is InChI=1S/C10H21NO3SSi/c1-4-16(5-2,6-3)10(15(11,12)13)8-7-9-14-10/h7,9H,4-6,8H2,1-3H3,(H2,11,12,13). The average molecular weight is 263 g/mol. The maximum atomic E-state index is 11.9. The molecule has 16 heavy (non-hydrogen) atoms. The minimum absolute atomic E-state index is 0.410. The predicted molar refractivity (Wildman–Crippen MR) is 67.9 cm³/mol. The highest BCUT2D eigenvalue weighted by molar-refractivity contribution is 7.92. The van der Waals surface area contributed by atoms with Gasteiger partial charge >= 0.3 is 0 Å². The van der Waals surface area contributed by atoms with Crippen LogP contribution in [0, 0.1) is 0 Å². The first-order valence-corrected chi connectivity index (χ1v) is 9.91. The number of rotatable bonds is 5. The van der Waals surface area contributed by atoms with Crippen LogP contribution in [0.4, 0.5) is 0 Å². The summed E-state index contributed by atoms with van der Waals surface area (Å²) in [5.41, 5.74) is 0. The van der Waals surface area contributed by atoms with Crippen LogP contribution in [0.15, 0.2) is 12.3 Å². The van der Waals surface area contributed by atoms with Crippen molar-refractivity contribution >= 4 is 18.1 Å². The van der Waals surface area contributed by atoms with Crippen molar-refractivity contribution in [3.05, 3.63) is 12.3 Å². The van der Waals surface area contributed by atoms with Crippen LogP contribution in [0.1, 0.15) is 27.2 Å². The maximum absolute atomic E-state index is 11.9. The molecule has 0 spiro atoms. The Bertz CT molecular complexity index is 357. The van der Waals surface area contributed by atoms with Gasteiger partial charge in [0.15, 0.2) is 0 Å². The molecule has 1 atom stereocenters. The van der Waals surface area contributed by atoms with Gasteiger partial charge in [0.2, 0.25) is 14.6 Å². The smallest absolute Gasteiger partial charge is 0.246 e. The van der Waals surface area contributed by atoms with E-state index < -0.39 is 22.7 Å². The zero-order valence-electron chi connectivity index (χ0n) is 10.2. The highest BCUT2D eigenvalue weighted by Gasteiger charge is 2.60. The molecule has 0 aromatic carbocycles. The maximum Gasteiger partial charge on any atom is 0.246 e. The van der Waals surface area contributed by atoms with Crippen molar-refractivity contribution in [2.24, 2.45) is 5.14 Å². The van der Waals surface area contributed by atoms with E-state index in [0.717, 1.165) is 18.1 Å². The molecule has 0 bridgehead atoms. The van der Waals surface area contributed by atoms with Gasteiger partial charge in [-0.3, -0.25) is 0 Å². The molecule has 0 aliphatic carbocycles. The summed E-state index contributed by atoms with van der Waals surface area (Å²) >= 11 is 0. The Balaban J connectivity index is 3.31. The Morgan fingerprint density at radius 1 is 1.31 bits per heavy atom. The fourth-order valence-electron chi connectivity index (χ4n) is 2.79.